The van der Waals surface area contributed by atoms with Gasteiger partial charge in [0.15, 0.2) is 0 Å². The first kappa shape index (κ1) is 18.8. The Labute approximate surface area is 180 Å². The second-order valence-corrected chi connectivity index (χ2v) is 9.08. The normalized spacial score (nSPS) is 19.3. The number of hydrogen-bond acceptors (Lipinski definition) is 4. The minimum absolute atomic E-state index is 0.127. The van der Waals surface area contributed by atoms with Gasteiger partial charge in [0.05, 0.1) is 23.5 Å². The zero-order valence-electron chi connectivity index (χ0n) is 16.8. The number of carbonyl (C=O) groups excluding carboxylic acids is 1. The van der Waals surface area contributed by atoms with E-state index in [4.69, 9.17) is 4.98 Å². The molecule has 3 aromatic rings. The number of thiazole rings is 1. The van der Waals surface area contributed by atoms with E-state index in [-0.39, 0.29) is 5.91 Å². The van der Waals surface area contributed by atoms with Gasteiger partial charge in [0, 0.05) is 10.4 Å². The standard InChI is InChI=1S/C25H21N3OS/c1-16-11-12-20-22(13-16)30-24(27-20)19(14-26)23-18-9-5-6-10-21(18)28(25(23)29)15-17-7-3-2-4-8-17/h2-10,16H,11-13,15H2,1H3. The molecule has 1 aliphatic carbocycles. The highest BCUT2D eigenvalue weighted by Crippen LogP contribution is 2.43. The Balaban J connectivity index is 1.61. The van der Waals surface area contributed by atoms with Crippen molar-refractivity contribution in [3.05, 3.63) is 81.3 Å². The maximum absolute atomic E-state index is 13.5. The lowest BCUT2D eigenvalue weighted by atomic mass is 9.93. The van der Waals surface area contributed by atoms with Crippen molar-refractivity contribution in [3.8, 4) is 6.07 Å². The summed E-state index contributed by atoms with van der Waals surface area (Å²) in [5.41, 5.74) is 4.69. The largest absolute Gasteiger partial charge is 0.303 e. The lowest BCUT2D eigenvalue weighted by molar-refractivity contribution is -0.113. The first-order valence-corrected chi connectivity index (χ1v) is 11.1. The number of fused-ring (bicyclic) bond motifs is 2. The van der Waals surface area contributed by atoms with E-state index in [1.165, 1.54) is 4.88 Å². The summed E-state index contributed by atoms with van der Waals surface area (Å²) < 4.78 is 0. The van der Waals surface area contributed by atoms with Crippen molar-refractivity contribution >= 4 is 34.1 Å². The van der Waals surface area contributed by atoms with E-state index in [1.54, 1.807) is 16.2 Å². The van der Waals surface area contributed by atoms with Crippen LogP contribution >= 0.6 is 11.3 Å². The van der Waals surface area contributed by atoms with Crippen molar-refractivity contribution in [2.75, 3.05) is 4.90 Å². The SMILES string of the molecule is CC1CCc2nc(C(C#N)=C3C(=O)N(Cc4ccccc4)c4ccccc43)sc2C1. The number of rotatable bonds is 3. The molecule has 0 bridgehead atoms. The van der Waals surface area contributed by atoms with Gasteiger partial charge in [-0.1, -0.05) is 55.5 Å². The van der Waals surface area contributed by atoms with Gasteiger partial charge in [0.2, 0.25) is 0 Å². The van der Waals surface area contributed by atoms with Crippen molar-refractivity contribution < 1.29 is 4.79 Å². The van der Waals surface area contributed by atoms with Crippen LogP contribution in [0.15, 0.2) is 54.6 Å². The average Bonchev–Trinajstić information content (AvgIpc) is 3.29. The average molecular weight is 412 g/mol. The van der Waals surface area contributed by atoms with Crippen LogP contribution in [0.4, 0.5) is 5.69 Å². The number of amides is 1. The molecule has 5 heteroatoms. The molecule has 0 spiro atoms. The molecule has 1 aliphatic heterocycles. The molecule has 1 atom stereocenters. The number of hydrogen-bond donors (Lipinski definition) is 0. The van der Waals surface area contributed by atoms with E-state index in [2.05, 4.69) is 13.0 Å². The van der Waals surface area contributed by atoms with E-state index >= 15 is 0 Å². The molecule has 30 heavy (non-hydrogen) atoms. The second-order valence-electron chi connectivity index (χ2n) is 7.99. The van der Waals surface area contributed by atoms with Crippen LogP contribution in [0.25, 0.3) is 11.1 Å². The molecular weight excluding hydrogens is 390 g/mol. The number of carbonyl (C=O) groups is 1. The zero-order valence-corrected chi connectivity index (χ0v) is 17.6. The molecule has 4 nitrogen and oxygen atoms in total. The van der Waals surface area contributed by atoms with Crippen LogP contribution in [0, 0.1) is 17.2 Å². The Hall–Kier alpha value is -3.23. The van der Waals surface area contributed by atoms with Crippen LogP contribution in [-0.2, 0) is 24.2 Å². The van der Waals surface area contributed by atoms with Crippen LogP contribution in [0.3, 0.4) is 0 Å². The number of anilines is 1. The second kappa shape index (κ2) is 7.55. The number of aromatic nitrogens is 1. The van der Waals surface area contributed by atoms with Gasteiger partial charge in [-0.05, 0) is 36.8 Å². The van der Waals surface area contributed by atoms with Crippen molar-refractivity contribution in [2.24, 2.45) is 5.92 Å². The minimum atomic E-state index is -0.127. The van der Waals surface area contributed by atoms with Crippen LogP contribution in [0.2, 0.25) is 0 Å². The number of allylic oxidation sites excluding steroid dienone is 1. The highest BCUT2D eigenvalue weighted by Gasteiger charge is 2.36. The van der Waals surface area contributed by atoms with Crippen molar-refractivity contribution in [2.45, 2.75) is 32.7 Å². The smallest absolute Gasteiger partial charge is 0.260 e. The summed E-state index contributed by atoms with van der Waals surface area (Å²) in [5, 5.41) is 10.7. The summed E-state index contributed by atoms with van der Waals surface area (Å²) in [4.78, 5) is 21.3. The molecule has 2 aromatic carbocycles. The lowest BCUT2D eigenvalue weighted by Gasteiger charge is -2.17. The van der Waals surface area contributed by atoms with Gasteiger partial charge in [0.1, 0.15) is 16.6 Å². The first-order chi connectivity index (χ1) is 14.7. The fraction of sp³-hybridized carbons (Fsp3) is 0.240. The zero-order chi connectivity index (χ0) is 20.7. The summed E-state index contributed by atoms with van der Waals surface area (Å²) in [6.45, 7) is 2.73. The first-order valence-electron chi connectivity index (χ1n) is 10.2. The topological polar surface area (TPSA) is 57.0 Å². The Bertz CT molecular complexity index is 1200. The van der Waals surface area contributed by atoms with Crippen LogP contribution in [0.5, 0.6) is 0 Å². The summed E-state index contributed by atoms with van der Waals surface area (Å²) in [7, 11) is 0. The highest BCUT2D eigenvalue weighted by molar-refractivity contribution is 7.13. The van der Waals surface area contributed by atoms with Gasteiger partial charge in [-0.2, -0.15) is 5.26 Å². The van der Waals surface area contributed by atoms with Crippen molar-refractivity contribution in [1.82, 2.24) is 4.98 Å². The molecule has 0 saturated heterocycles. The molecule has 1 aromatic heterocycles. The highest BCUT2D eigenvalue weighted by atomic mass is 32.1. The molecular formula is C25H21N3OS. The number of para-hydroxylation sites is 1. The van der Waals surface area contributed by atoms with E-state index in [9.17, 15) is 10.1 Å². The monoisotopic (exact) mass is 411 g/mol. The summed E-state index contributed by atoms with van der Waals surface area (Å²) in [6, 6.07) is 20.0. The predicted octanol–water partition coefficient (Wildman–Crippen LogP) is 5.25. The van der Waals surface area contributed by atoms with E-state index in [0.29, 0.717) is 28.6 Å². The van der Waals surface area contributed by atoms with Gasteiger partial charge >= 0.3 is 0 Å². The van der Waals surface area contributed by atoms with Crippen LogP contribution in [0.1, 0.15) is 40.1 Å². The Kier molecular flexibility index (Phi) is 4.72. The lowest BCUT2D eigenvalue weighted by Crippen LogP contribution is -2.25. The minimum Gasteiger partial charge on any atom is -0.303 e. The summed E-state index contributed by atoms with van der Waals surface area (Å²) >= 11 is 1.58. The van der Waals surface area contributed by atoms with Gasteiger partial charge in [0.25, 0.3) is 5.91 Å². The Morgan fingerprint density at radius 2 is 1.97 bits per heavy atom. The molecule has 1 unspecified atom stereocenters. The molecule has 148 valence electrons. The number of nitriles is 1. The number of benzene rings is 2. The number of aryl methyl sites for hydroxylation is 1. The molecule has 1 amide bonds. The molecule has 2 aliphatic rings. The Morgan fingerprint density at radius 1 is 1.20 bits per heavy atom. The van der Waals surface area contributed by atoms with E-state index in [0.717, 1.165) is 41.8 Å². The van der Waals surface area contributed by atoms with Gasteiger partial charge in [-0.3, -0.25) is 4.79 Å². The third-order valence-electron chi connectivity index (χ3n) is 5.87. The van der Waals surface area contributed by atoms with Gasteiger partial charge in [-0.25, -0.2) is 4.98 Å². The number of nitrogens with zero attached hydrogens (tertiary/aromatic N) is 3. The fourth-order valence-electron chi connectivity index (χ4n) is 4.30. The van der Waals surface area contributed by atoms with E-state index in [1.807, 2.05) is 54.6 Å². The molecule has 5 rings (SSSR count). The van der Waals surface area contributed by atoms with Crippen LogP contribution < -0.4 is 4.90 Å². The molecule has 0 fully saturated rings. The van der Waals surface area contributed by atoms with Crippen LogP contribution in [-0.4, -0.2) is 10.9 Å². The maximum Gasteiger partial charge on any atom is 0.260 e. The molecule has 0 radical (unpaired) electrons. The summed E-state index contributed by atoms with van der Waals surface area (Å²) in [5.74, 6) is 0.511. The maximum atomic E-state index is 13.5. The molecule has 0 saturated carbocycles. The summed E-state index contributed by atoms with van der Waals surface area (Å²) in [6.07, 6.45) is 3.08. The van der Waals surface area contributed by atoms with Crippen molar-refractivity contribution in [3.63, 3.8) is 0 Å². The third-order valence-corrected chi connectivity index (χ3v) is 7.01. The van der Waals surface area contributed by atoms with Gasteiger partial charge < -0.3 is 4.90 Å². The van der Waals surface area contributed by atoms with Gasteiger partial charge in [-0.15, -0.1) is 11.3 Å². The van der Waals surface area contributed by atoms with E-state index < -0.39 is 0 Å². The van der Waals surface area contributed by atoms with Crippen molar-refractivity contribution in [1.29, 1.82) is 5.26 Å². The fourth-order valence-corrected chi connectivity index (χ4v) is 5.57. The third kappa shape index (κ3) is 3.14. The Morgan fingerprint density at radius 3 is 2.77 bits per heavy atom. The predicted molar refractivity (Wildman–Crippen MR) is 120 cm³/mol. The molecule has 2 heterocycles. The molecule has 0 N–H and O–H groups in total. The quantitative estimate of drug-likeness (QED) is 0.437.